The molecule has 1 unspecified atom stereocenters. The number of halogens is 3. The highest BCUT2D eigenvalue weighted by Crippen LogP contribution is 2.28. The second-order valence-corrected chi connectivity index (χ2v) is 7.39. The molecule has 1 aliphatic heterocycles. The van der Waals surface area contributed by atoms with Crippen molar-refractivity contribution in [2.24, 2.45) is 7.05 Å². The predicted molar refractivity (Wildman–Crippen MR) is 98.9 cm³/mol. The van der Waals surface area contributed by atoms with Gasteiger partial charge in [0, 0.05) is 37.7 Å². The Labute approximate surface area is 165 Å². The molecule has 0 spiro atoms. The fourth-order valence-electron chi connectivity index (χ4n) is 3.62. The van der Waals surface area contributed by atoms with Crippen LogP contribution < -0.4 is 10.4 Å². The summed E-state index contributed by atoms with van der Waals surface area (Å²) in [7, 11) is 1.60. The summed E-state index contributed by atoms with van der Waals surface area (Å²) < 4.78 is 43.6. The molecule has 3 rings (SSSR count). The van der Waals surface area contributed by atoms with Crippen LogP contribution in [0.1, 0.15) is 54.8 Å². The standard InChI is InChI=1S/C19H23F3N4O3/c1-12(2)26-16(23-24(3)18(26)28)14-5-4-10-25(11-14)17(27)13-6-8-15(9-7-13)29-19(20,21)22/h6-9,12,14H,4-5,10-11H2,1-3H3. The molecule has 1 aromatic heterocycles. The Morgan fingerprint density at radius 1 is 1.24 bits per heavy atom. The Hall–Kier alpha value is -2.78. The molecular formula is C19H23F3N4O3. The Morgan fingerprint density at radius 2 is 1.90 bits per heavy atom. The molecule has 0 radical (unpaired) electrons. The number of amides is 1. The number of carbonyl (C=O) groups excluding carboxylic acids is 1. The molecule has 0 saturated carbocycles. The fraction of sp³-hybridized carbons (Fsp3) is 0.526. The second-order valence-electron chi connectivity index (χ2n) is 7.39. The first-order chi connectivity index (χ1) is 13.6. The molecule has 1 aromatic carbocycles. The molecule has 1 aliphatic rings. The van der Waals surface area contributed by atoms with Crippen LogP contribution in [0, 0.1) is 0 Å². The third-order valence-electron chi connectivity index (χ3n) is 4.91. The van der Waals surface area contributed by atoms with Crippen molar-refractivity contribution in [2.45, 2.75) is 45.0 Å². The topological polar surface area (TPSA) is 69.4 Å². The van der Waals surface area contributed by atoms with Gasteiger partial charge in [-0.05, 0) is 51.0 Å². The fourth-order valence-corrected chi connectivity index (χ4v) is 3.62. The van der Waals surface area contributed by atoms with E-state index in [4.69, 9.17) is 0 Å². The zero-order chi connectivity index (χ0) is 21.3. The highest BCUT2D eigenvalue weighted by atomic mass is 19.4. The maximum absolute atomic E-state index is 12.8. The molecule has 1 saturated heterocycles. The molecule has 10 heteroatoms. The van der Waals surface area contributed by atoms with Gasteiger partial charge in [0.15, 0.2) is 0 Å². The number of aryl methyl sites for hydroxylation is 1. The number of ether oxygens (including phenoxy) is 1. The number of alkyl halides is 3. The molecule has 1 amide bonds. The predicted octanol–water partition coefficient (Wildman–Crippen LogP) is 3.08. The van der Waals surface area contributed by atoms with Gasteiger partial charge in [-0.25, -0.2) is 9.48 Å². The van der Waals surface area contributed by atoms with Crippen molar-refractivity contribution < 1.29 is 22.7 Å². The van der Waals surface area contributed by atoms with Crippen molar-refractivity contribution in [3.63, 3.8) is 0 Å². The summed E-state index contributed by atoms with van der Waals surface area (Å²) in [5.74, 6) is -0.0848. The first-order valence-electron chi connectivity index (χ1n) is 9.37. The van der Waals surface area contributed by atoms with Gasteiger partial charge >= 0.3 is 12.1 Å². The summed E-state index contributed by atoms with van der Waals surface area (Å²) >= 11 is 0. The Kier molecular flexibility index (Phi) is 5.72. The van der Waals surface area contributed by atoms with Crippen LogP contribution in [0.2, 0.25) is 0 Å². The van der Waals surface area contributed by atoms with E-state index < -0.39 is 6.36 Å². The minimum atomic E-state index is -4.78. The molecule has 1 atom stereocenters. The van der Waals surface area contributed by atoms with E-state index in [0.717, 1.165) is 25.0 Å². The monoisotopic (exact) mass is 412 g/mol. The summed E-state index contributed by atoms with van der Waals surface area (Å²) in [6, 6.07) is 4.82. The van der Waals surface area contributed by atoms with Gasteiger partial charge in [-0.2, -0.15) is 5.10 Å². The lowest BCUT2D eigenvalue weighted by molar-refractivity contribution is -0.274. The number of hydrogen-bond acceptors (Lipinski definition) is 4. The van der Waals surface area contributed by atoms with Crippen LogP contribution in [0.15, 0.2) is 29.1 Å². The van der Waals surface area contributed by atoms with Gasteiger partial charge in [0.25, 0.3) is 5.91 Å². The van der Waals surface area contributed by atoms with Gasteiger partial charge in [-0.1, -0.05) is 0 Å². The van der Waals surface area contributed by atoms with Crippen LogP contribution in [0.4, 0.5) is 13.2 Å². The number of likely N-dealkylation sites (tertiary alicyclic amines) is 1. The zero-order valence-corrected chi connectivity index (χ0v) is 16.4. The number of aromatic nitrogens is 3. The van der Waals surface area contributed by atoms with E-state index in [1.54, 1.807) is 16.5 Å². The second kappa shape index (κ2) is 7.92. The molecule has 0 N–H and O–H groups in total. The molecule has 29 heavy (non-hydrogen) atoms. The molecule has 1 fully saturated rings. The van der Waals surface area contributed by atoms with Crippen molar-refractivity contribution in [1.29, 1.82) is 0 Å². The van der Waals surface area contributed by atoms with Gasteiger partial charge < -0.3 is 9.64 Å². The Morgan fingerprint density at radius 3 is 2.48 bits per heavy atom. The molecule has 0 aliphatic carbocycles. The highest BCUT2D eigenvalue weighted by molar-refractivity contribution is 5.94. The number of nitrogens with zero attached hydrogens (tertiary/aromatic N) is 4. The van der Waals surface area contributed by atoms with Crippen molar-refractivity contribution in [3.8, 4) is 5.75 Å². The molecule has 0 bridgehead atoms. The number of hydrogen-bond donors (Lipinski definition) is 0. The minimum Gasteiger partial charge on any atom is -0.406 e. The maximum atomic E-state index is 12.8. The van der Waals surface area contributed by atoms with E-state index >= 15 is 0 Å². The van der Waals surface area contributed by atoms with Gasteiger partial charge in [0.2, 0.25) is 0 Å². The lowest BCUT2D eigenvalue weighted by Gasteiger charge is -2.32. The van der Waals surface area contributed by atoms with E-state index in [1.165, 1.54) is 16.8 Å². The Bertz CT molecular complexity index is 932. The summed E-state index contributed by atoms with van der Waals surface area (Å²) in [6.45, 7) is 4.74. The van der Waals surface area contributed by atoms with Crippen LogP contribution in [0.25, 0.3) is 0 Å². The summed E-state index contributed by atoms with van der Waals surface area (Å²) in [6.07, 6.45) is -3.24. The van der Waals surface area contributed by atoms with E-state index in [2.05, 4.69) is 9.84 Å². The molecule has 2 aromatic rings. The molecule has 158 valence electrons. The van der Waals surface area contributed by atoms with Crippen molar-refractivity contribution in [3.05, 3.63) is 46.1 Å². The van der Waals surface area contributed by atoms with Crippen LogP contribution >= 0.6 is 0 Å². The van der Waals surface area contributed by atoms with Gasteiger partial charge in [-0.3, -0.25) is 9.36 Å². The average molecular weight is 412 g/mol. The third-order valence-corrected chi connectivity index (χ3v) is 4.91. The summed E-state index contributed by atoms with van der Waals surface area (Å²) in [5, 5.41) is 4.37. The van der Waals surface area contributed by atoms with Crippen LogP contribution in [-0.4, -0.2) is 44.6 Å². The quantitative estimate of drug-likeness (QED) is 0.774. The molecule has 2 heterocycles. The van der Waals surface area contributed by atoms with E-state index in [1.807, 2.05) is 13.8 Å². The van der Waals surface area contributed by atoms with Crippen molar-refractivity contribution in [2.75, 3.05) is 13.1 Å². The van der Waals surface area contributed by atoms with Gasteiger partial charge in [-0.15, -0.1) is 13.2 Å². The van der Waals surface area contributed by atoms with Crippen LogP contribution in [-0.2, 0) is 7.05 Å². The van der Waals surface area contributed by atoms with Crippen LogP contribution in [0.3, 0.4) is 0 Å². The SMILES string of the molecule is CC(C)n1c(C2CCCN(C(=O)c3ccc(OC(F)(F)F)cc3)C2)nn(C)c1=O. The summed E-state index contributed by atoms with van der Waals surface area (Å²) in [4.78, 5) is 26.8. The number of piperidine rings is 1. The average Bonchev–Trinajstić information content (AvgIpc) is 2.96. The lowest BCUT2D eigenvalue weighted by Crippen LogP contribution is -2.40. The number of benzene rings is 1. The largest absolute Gasteiger partial charge is 0.573 e. The minimum absolute atomic E-state index is 0.0570. The number of carbonyl (C=O) groups is 1. The van der Waals surface area contributed by atoms with Gasteiger partial charge in [0.05, 0.1) is 0 Å². The van der Waals surface area contributed by atoms with Crippen LogP contribution in [0.5, 0.6) is 5.75 Å². The molecule has 7 nitrogen and oxygen atoms in total. The van der Waals surface area contributed by atoms with Crippen molar-refractivity contribution >= 4 is 5.91 Å². The first-order valence-corrected chi connectivity index (χ1v) is 9.37. The third kappa shape index (κ3) is 4.63. The smallest absolute Gasteiger partial charge is 0.406 e. The first kappa shape index (κ1) is 20.9. The normalized spacial score (nSPS) is 17.6. The maximum Gasteiger partial charge on any atom is 0.573 e. The van der Waals surface area contributed by atoms with E-state index in [-0.39, 0.29) is 34.9 Å². The van der Waals surface area contributed by atoms with E-state index in [0.29, 0.717) is 18.9 Å². The Balaban J connectivity index is 1.77. The van der Waals surface area contributed by atoms with Crippen molar-refractivity contribution in [1.82, 2.24) is 19.2 Å². The summed E-state index contributed by atoms with van der Waals surface area (Å²) in [5.41, 5.74) is 0.0844. The lowest BCUT2D eigenvalue weighted by atomic mass is 9.96. The zero-order valence-electron chi connectivity index (χ0n) is 16.4. The van der Waals surface area contributed by atoms with E-state index in [9.17, 15) is 22.8 Å². The number of rotatable bonds is 4. The highest BCUT2D eigenvalue weighted by Gasteiger charge is 2.32. The van der Waals surface area contributed by atoms with Gasteiger partial charge in [0.1, 0.15) is 11.6 Å². The molecular weight excluding hydrogens is 389 g/mol.